The lowest BCUT2D eigenvalue weighted by atomic mass is 10.0. The van der Waals surface area contributed by atoms with Gasteiger partial charge in [-0.05, 0) is 10.8 Å². The highest BCUT2D eigenvalue weighted by Gasteiger charge is 2.16. The SMILES string of the molecule is N#Cc1c(-c2cccc3ccccc23)noc1N. The molecule has 0 bridgehead atoms. The topological polar surface area (TPSA) is 75.8 Å². The number of nitriles is 1. The molecule has 18 heavy (non-hydrogen) atoms. The summed E-state index contributed by atoms with van der Waals surface area (Å²) < 4.78 is 4.90. The first-order chi connectivity index (χ1) is 8.81. The number of anilines is 1. The number of nitrogens with two attached hydrogens (primary N) is 1. The predicted octanol–water partition coefficient (Wildman–Crippen LogP) is 2.95. The van der Waals surface area contributed by atoms with Crippen LogP contribution >= 0.6 is 0 Å². The number of hydrogen-bond acceptors (Lipinski definition) is 4. The summed E-state index contributed by atoms with van der Waals surface area (Å²) in [7, 11) is 0. The summed E-state index contributed by atoms with van der Waals surface area (Å²) in [6.07, 6.45) is 0. The number of rotatable bonds is 1. The molecule has 0 unspecified atom stereocenters. The van der Waals surface area contributed by atoms with E-state index in [1.165, 1.54) is 0 Å². The molecule has 0 aliphatic rings. The van der Waals surface area contributed by atoms with Gasteiger partial charge in [-0.15, -0.1) is 0 Å². The van der Waals surface area contributed by atoms with Crippen molar-refractivity contribution >= 4 is 16.7 Å². The maximum Gasteiger partial charge on any atom is 0.240 e. The highest BCUT2D eigenvalue weighted by molar-refractivity contribution is 5.97. The third kappa shape index (κ3) is 1.42. The lowest BCUT2D eigenvalue weighted by molar-refractivity contribution is 0.439. The van der Waals surface area contributed by atoms with Gasteiger partial charge in [0.05, 0.1) is 0 Å². The van der Waals surface area contributed by atoms with E-state index in [2.05, 4.69) is 5.16 Å². The number of benzene rings is 2. The van der Waals surface area contributed by atoms with E-state index in [0.29, 0.717) is 5.69 Å². The quantitative estimate of drug-likeness (QED) is 0.703. The van der Waals surface area contributed by atoms with Crippen molar-refractivity contribution in [2.75, 3.05) is 5.73 Å². The summed E-state index contributed by atoms with van der Waals surface area (Å²) in [5.41, 5.74) is 7.21. The van der Waals surface area contributed by atoms with Crippen LogP contribution in [0.25, 0.3) is 22.0 Å². The maximum atomic E-state index is 9.09. The number of fused-ring (bicyclic) bond motifs is 1. The van der Waals surface area contributed by atoms with Gasteiger partial charge in [0.25, 0.3) is 0 Å². The monoisotopic (exact) mass is 235 g/mol. The van der Waals surface area contributed by atoms with Gasteiger partial charge in [0.2, 0.25) is 5.88 Å². The third-order valence-corrected chi connectivity index (χ3v) is 2.88. The average molecular weight is 235 g/mol. The molecule has 4 heteroatoms. The molecule has 1 aromatic heterocycles. The van der Waals surface area contributed by atoms with Crippen LogP contribution in [0.2, 0.25) is 0 Å². The molecule has 0 amide bonds. The van der Waals surface area contributed by atoms with Crippen LogP contribution in [-0.2, 0) is 0 Å². The van der Waals surface area contributed by atoms with Crippen LogP contribution in [0.4, 0.5) is 5.88 Å². The Morgan fingerprint density at radius 1 is 1.11 bits per heavy atom. The Kier molecular flexibility index (Phi) is 2.24. The molecule has 4 nitrogen and oxygen atoms in total. The fourth-order valence-electron chi connectivity index (χ4n) is 2.03. The molecule has 0 saturated heterocycles. The van der Waals surface area contributed by atoms with E-state index in [4.69, 9.17) is 15.5 Å². The molecule has 0 aliphatic heterocycles. The molecule has 0 saturated carbocycles. The third-order valence-electron chi connectivity index (χ3n) is 2.88. The first kappa shape index (κ1) is 10.4. The summed E-state index contributed by atoms with van der Waals surface area (Å²) in [5.74, 6) is 0.0560. The molecule has 0 aliphatic carbocycles. The minimum absolute atomic E-state index is 0.0560. The van der Waals surface area contributed by atoms with Crippen LogP contribution in [-0.4, -0.2) is 5.16 Å². The highest BCUT2D eigenvalue weighted by Crippen LogP contribution is 2.31. The van der Waals surface area contributed by atoms with Crippen LogP contribution in [0.1, 0.15) is 5.56 Å². The van der Waals surface area contributed by atoms with E-state index in [1.54, 1.807) is 0 Å². The van der Waals surface area contributed by atoms with E-state index in [1.807, 2.05) is 48.5 Å². The summed E-state index contributed by atoms with van der Waals surface area (Å²) in [6, 6.07) is 15.8. The normalized spacial score (nSPS) is 10.4. The van der Waals surface area contributed by atoms with Gasteiger partial charge >= 0.3 is 0 Å². The summed E-state index contributed by atoms with van der Waals surface area (Å²) in [6.45, 7) is 0. The number of nitrogen functional groups attached to an aromatic ring is 1. The lowest BCUT2D eigenvalue weighted by Crippen LogP contribution is -1.87. The molecule has 1 heterocycles. The van der Waals surface area contributed by atoms with E-state index in [9.17, 15) is 0 Å². The fourth-order valence-corrected chi connectivity index (χ4v) is 2.03. The van der Waals surface area contributed by atoms with Crippen molar-refractivity contribution in [1.82, 2.24) is 5.16 Å². The average Bonchev–Trinajstić information content (AvgIpc) is 2.79. The van der Waals surface area contributed by atoms with Gasteiger partial charge < -0.3 is 10.3 Å². The molecule has 0 radical (unpaired) electrons. The van der Waals surface area contributed by atoms with Crippen molar-refractivity contribution in [1.29, 1.82) is 5.26 Å². The molecule has 3 rings (SSSR count). The highest BCUT2D eigenvalue weighted by atomic mass is 16.5. The Balaban J connectivity index is 2.36. The Bertz CT molecular complexity index is 763. The van der Waals surface area contributed by atoms with Crippen molar-refractivity contribution in [2.45, 2.75) is 0 Å². The molecule has 86 valence electrons. The molecule has 2 aromatic carbocycles. The number of aromatic nitrogens is 1. The van der Waals surface area contributed by atoms with Crippen LogP contribution in [0.5, 0.6) is 0 Å². The van der Waals surface area contributed by atoms with Gasteiger partial charge in [0.15, 0.2) is 0 Å². The van der Waals surface area contributed by atoms with Crippen molar-refractivity contribution in [2.24, 2.45) is 0 Å². The molecule has 3 aromatic rings. The lowest BCUT2D eigenvalue weighted by Gasteiger charge is -2.03. The molecule has 0 spiro atoms. The smallest absolute Gasteiger partial charge is 0.240 e. The standard InChI is InChI=1S/C14H9N3O/c15-8-12-13(17-18-14(12)16)11-7-3-5-9-4-1-2-6-10(9)11/h1-7H,16H2. The molecule has 0 fully saturated rings. The predicted molar refractivity (Wildman–Crippen MR) is 68.6 cm³/mol. The second-order valence-electron chi connectivity index (χ2n) is 3.91. The van der Waals surface area contributed by atoms with Gasteiger partial charge in [-0.3, -0.25) is 0 Å². The zero-order chi connectivity index (χ0) is 12.5. The van der Waals surface area contributed by atoms with Gasteiger partial charge in [-0.2, -0.15) is 5.26 Å². The van der Waals surface area contributed by atoms with E-state index in [0.717, 1.165) is 16.3 Å². The number of hydrogen-bond donors (Lipinski definition) is 1. The summed E-state index contributed by atoms with van der Waals surface area (Å²) in [5, 5.41) is 15.1. The van der Waals surface area contributed by atoms with Crippen LogP contribution in [0.15, 0.2) is 47.0 Å². The second-order valence-corrected chi connectivity index (χ2v) is 3.91. The van der Waals surface area contributed by atoms with Crippen molar-refractivity contribution in [3.8, 4) is 17.3 Å². The van der Waals surface area contributed by atoms with Crippen LogP contribution in [0.3, 0.4) is 0 Å². The Hall–Kier alpha value is -2.80. The zero-order valence-corrected chi connectivity index (χ0v) is 9.42. The molecular formula is C14H9N3O. The fraction of sp³-hybridized carbons (Fsp3) is 0. The maximum absolute atomic E-state index is 9.09. The zero-order valence-electron chi connectivity index (χ0n) is 9.42. The molecular weight excluding hydrogens is 226 g/mol. The first-order valence-corrected chi connectivity index (χ1v) is 5.44. The molecule has 2 N–H and O–H groups in total. The Morgan fingerprint density at radius 2 is 1.89 bits per heavy atom. The van der Waals surface area contributed by atoms with Gasteiger partial charge in [0, 0.05) is 5.56 Å². The van der Waals surface area contributed by atoms with Crippen molar-refractivity contribution in [3.63, 3.8) is 0 Å². The minimum Gasteiger partial charge on any atom is -0.366 e. The Morgan fingerprint density at radius 3 is 2.72 bits per heavy atom. The van der Waals surface area contributed by atoms with E-state index < -0.39 is 0 Å². The van der Waals surface area contributed by atoms with Crippen molar-refractivity contribution < 1.29 is 4.52 Å². The van der Waals surface area contributed by atoms with Crippen molar-refractivity contribution in [3.05, 3.63) is 48.0 Å². The summed E-state index contributed by atoms with van der Waals surface area (Å²) >= 11 is 0. The molecule has 0 atom stereocenters. The van der Waals surface area contributed by atoms with Gasteiger partial charge in [-0.1, -0.05) is 47.6 Å². The summed E-state index contributed by atoms with van der Waals surface area (Å²) in [4.78, 5) is 0. The van der Waals surface area contributed by atoms with Crippen LogP contribution in [0, 0.1) is 11.3 Å². The van der Waals surface area contributed by atoms with E-state index >= 15 is 0 Å². The largest absolute Gasteiger partial charge is 0.366 e. The first-order valence-electron chi connectivity index (χ1n) is 5.44. The van der Waals surface area contributed by atoms with Gasteiger partial charge in [0.1, 0.15) is 17.3 Å². The van der Waals surface area contributed by atoms with Gasteiger partial charge in [-0.25, -0.2) is 0 Å². The number of nitrogens with zero attached hydrogens (tertiary/aromatic N) is 2. The van der Waals surface area contributed by atoms with E-state index in [-0.39, 0.29) is 11.4 Å². The minimum atomic E-state index is 0.0560. The Labute approximate surface area is 103 Å². The van der Waals surface area contributed by atoms with Crippen LogP contribution < -0.4 is 5.73 Å². The second kappa shape index (κ2) is 3.90.